The SMILES string of the molecule is CC(C)CNCCC(C)CCc1c(Cl)cc(Cl)c(Cl)c1Cl. The lowest BCUT2D eigenvalue weighted by Gasteiger charge is -2.15. The number of hydrogen-bond donors (Lipinski definition) is 1. The first kappa shape index (κ1) is 19.4. The highest BCUT2D eigenvalue weighted by atomic mass is 35.5. The van der Waals surface area contributed by atoms with Crippen LogP contribution in [0.15, 0.2) is 6.07 Å². The fourth-order valence-corrected chi connectivity index (χ4v) is 3.23. The molecule has 0 amide bonds. The Labute approximate surface area is 148 Å². The zero-order valence-electron chi connectivity index (χ0n) is 12.8. The molecule has 0 bridgehead atoms. The average molecular weight is 371 g/mol. The number of rotatable bonds is 8. The largest absolute Gasteiger partial charge is 0.316 e. The lowest BCUT2D eigenvalue weighted by molar-refractivity contribution is 0.454. The van der Waals surface area contributed by atoms with Crippen LogP contribution in [0.1, 0.15) is 39.2 Å². The van der Waals surface area contributed by atoms with Gasteiger partial charge >= 0.3 is 0 Å². The summed E-state index contributed by atoms with van der Waals surface area (Å²) >= 11 is 24.5. The van der Waals surface area contributed by atoms with Crippen molar-refractivity contribution in [2.75, 3.05) is 13.1 Å². The Hall–Kier alpha value is 0.340. The molecule has 21 heavy (non-hydrogen) atoms. The summed E-state index contributed by atoms with van der Waals surface area (Å²) in [5.74, 6) is 1.29. The molecule has 1 aromatic rings. The molecule has 0 heterocycles. The van der Waals surface area contributed by atoms with Crippen molar-refractivity contribution in [3.63, 3.8) is 0 Å². The molecule has 1 nitrogen and oxygen atoms in total. The fourth-order valence-electron chi connectivity index (χ4n) is 2.11. The highest BCUT2D eigenvalue weighted by Crippen LogP contribution is 2.38. The second kappa shape index (κ2) is 9.47. The maximum atomic E-state index is 6.24. The maximum absolute atomic E-state index is 6.24. The van der Waals surface area contributed by atoms with Crippen molar-refractivity contribution >= 4 is 46.4 Å². The summed E-state index contributed by atoms with van der Waals surface area (Å²) in [4.78, 5) is 0. The smallest absolute Gasteiger partial charge is 0.0782 e. The van der Waals surface area contributed by atoms with E-state index < -0.39 is 0 Å². The monoisotopic (exact) mass is 369 g/mol. The minimum absolute atomic E-state index is 0.393. The molecule has 0 spiro atoms. The minimum atomic E-state index is 0.393. The molecule has 0 saturated carbocycles. The number of benzene rings is 1. The lowest BCUT2D eigenvalue weighted by Crippen LogP contribution is -2.22. The second-order valence-electron chi connectivity index (χ2n) is 5.98. The van der Waals surface area contributed by atoms with Crippen LogP contribution in [0, 0.1) is 11.8 Å². The Kier molecular flexibility index (Phi) is 8.74. The van der Waals surface area contributed by atoms with Crippen molar-refractivity contribution in [1.29, 1.82) is 0 Å². The summed E-state index contributed by atoms with van der Waals surface area (Å²) in [6.45, 7) is 8.78. The standard InChI is InChI=1S/C16H23Cl4N/c1-10(2)9-21-7-6-11(3)4-5-12-13(17)8-14(18)16(20)15(12)19/h8,10-11,21H,4-7,9H2,1-3H3. The van der Waals surface area contributed by atoms with E-state index in [4.69, 9.17) is 46.4 Å². The third-order valence-electron chi connectivity index (χ3n) is 3.46. The van der Waals surface area contributed by atoms with Crippen LogP contribution in [0.4, 0.5) is 0 Å². The van der Waals surface area contributed by atoms with E-state index >= 15 is 0 Å². The van der Waals surface area contributed by atoms with Gasteiger partial charge in [-0.3, -0.25) is 0 Å². The first-order valence-electron chi connectivity index (χ1n) is 7.35. The van der Waals surface area contributed by atoms with Crippen LogP contribution in [-0.2, 0) is 6.42 Å². The van der Waals surface area contributed by atoms with E-state index in [1.807, 2.05) is 0 Å². The van der Waals surface area contributed by atoms with E-state index in [0.717, 1.165) is 37.9 Å². The van der Waals surface area contributed by atoms with E-state index in [-0.39, 0.29) is 0 Å². The molecule has 0 aliphatic carbocycles. The van der Waals surface area contributed by atoms with Crippen LogP contribution in [0.2, 0.25) is 20.1 Å². The van der Waals surface area contributed by atoms with Crippen molar-refractivity contribution in [3.8, 4) is 0 Å². The third-order valence-corrected chi connectivity index (χ3v) is 5.10. The molecular weight excluding hydrogens is 348 g/mol. The molecule has 1 unspecified atom stereocenters. The molecule has 1 rings (SSSR count). The van der Waals surface area contributed by atoms with Crippen LogP contribution in [-0.4, -0.2) is 13.1 Å². The van der Waals surface area contributed by atoms with Crippen molar-refractivity contribution in [1.82, 2.24) is 5.32 Å². The first-order chi connectivity index (χ1) is 9.82. The average Bonchev–Trinajstić information content (AvgIpc) is 2.41. The first-order valence-corrected chi connectivity index (χ1v) is 8.86. The molecule has 5 heteroatoms. The molecule has 0 aromatic heterocycles. The Balaban J connectivity index is 2.46. The molecule has 120 valence electrons. The Bertz CT molecular complexity index is 460. The van der Waals surface area contributed by atoms with Gasteiger partial charge in [-0.1, -0.05) is 67.2 Å². The van der Waals surface area contributed by atoms with Gasteiger partial charge in [0.2, 0.25) is 0 Å². The van der Waals surface area contributed by atoms with Gasteiger partial charge in [-0.25, -0.2) is 0 Å². The van der Waals surface area contributed by atoms with Gasteiger partial charge < -0.3 is 5.32 Å². The van der Waals surface area contributed by atoms with Gasteiger partial charge in [0.15, 0.2) is 0 Å². The molecule has 0 aliphatic heterocycles. The van der Waals surface area contributed by atoms with E-state index in [1.165, 1.54) is 0 Å². The highest BCUT2D eigenvalue weighted by Gasteiger charge is 2.14. The van der Waals surface area contributed by atoms with E-state index in [2.05, 4.69) is 26.1 Å². The molecular formula is C16H23Cl4N. The summed E-state index contributed by atoms with van der Waals surface area (Å²) in [6.07, 6.45) is 2.99. The lowest BCUT2D eigenvalue weighted by atomic mass is 9.98. The number of halogens is 4. The molecule has 0 radical (unpaired) electrons. The predicted octanol–water partition coefficient (Wildman–Crippen LogP) is 6.50. The van der Waals surface area contributed by atoms with Gasteiger partial charge in [0, 0.05) is 5.02 Å². The van der Waals surface area contributed by atoms with Gasteiger partial charge in [-0.2, -0.15) is 0 Å². The second-order valence-corrected chi connectivity index (χ2v) is 7.55. The van der Waals surface area contributed by atoms with Gasteiger partial charge in [0.25, 0.3) is 0 Å². The molecule has 1 aromatic carbocycles. The van der Waals surface area contributed by atoms with Crippen LogP contribution >= 0.6 is 46.4 Å². The third kappa shape index (κ3) is 6.54. The summed E-state index contributed by atoms with van der Waals surface area (Å²) < 4.78 is 0. The van der Waals surface area contributed by atoms with Gasteiger partial charge in [0.05, 0.1) is 15.1 Å². The fraction of sp³-hybridized carbons (Fsp3) is 0.625. The Morgan fingerprint density at radius 3 is 2.24 bits per heavy atom. The molecule has 0 saturated heterocycles. The van der Waals surface area contributed by atoms with Crippen molar-refractivity contribution in [2.45, 2.75) is 40.0 Å². The Morgan fingerprint density at radius 1 is 0.952 bits per heavy atom. The number of nitrogens with one attached hydrogen (secondary N) is 1. The van der Waals surface area contributed by atoms with E-state index in [1.54, 1.807) is 6.07 Å². The van der Waals surface area contributed by atoms with Gasteiger partial charge in [0.1, 0.15) is 0 Å². The minimum Gasteiger partial charge on any atom is -0.316 e. The summed E-state index contributed by atoms with van der Waals surface area (Å²) in [5.41, 5.74) is 0.898. The molecule has 0 aliphatic rings. The number of hydrogen-bond acceptors (Lipinski definition) is 1. The quantitative estimate of drug-likeness (QED) is 0.312. The van der Waals surface area contributed by atoms with Crippen LogP contribution < -0.4 is 5.32 Å². The molecule has 0 fully saturated rings. The van der Waals surface area contributed by atoms with Crippen LogP contribution in [0.5, 0.6) is 0 Å². The maximum Gasteiger partial charge on any atom is 0.0782 e. The van der Waals surface area contributed by atoms with E-state index in [0.29, 0.717) is 31.9 Å². The van der Waals surface area contributed by atoms with Crippen molar-refractivity contribution in [2.24, 2.45) is 11.8 Å². The summed E-state index contributed by atoms with van der Waals surface area (Å²) in [5, 5.41) is 5.34. The van der Waals surface area contributed by atoms with Crippen LogP contribution in [0.3, 0.4) is 0 Å². The van der Waals surface area contributed by atoms with E-state index in [9.17, 15) is 0 Å². The zero-order valence-corrected chi connectivity index (χ0v) is 15.8. The Morgan fingerprint density at radius 2 is 1.62 bits per heavy atom. The molecule has 1 N–H and O–H groups in total. The summed E-state index contributed by atoms with van der Waals surface area (Å²) in [6, 6.07) is 1.67. The van der Waals surface area contributed by atoms with Crippen molar-refractivity contribution in [3.05, 3.63) is 31.7 Å². The predicted molar refractivity (Wildman–Crippen MR) is 96.3 cm³/mol. The van der Waals surface area contributed by atoms with Gasteiger partial charge in [-0.15, -0.1) is 0 Å². The van der Waals surface area contributed by atoms with Crippen molar-refractivity contribution < 1.29 is 0 Å². The highest BCUT2D eigenvalue weighted by molar-refractivity contribution is 6.49. The summed E-state index contributed by atoms with van der Waals surface area (Å²) in [7, 11) is 0. The van der Waals surface area contributed by atoms with Gasteiger partial charge in [-0.05, 0) is 55.8 Å². The zero-order chi connectivity index (χ0) is 16.0. The normalized spacial score (nSPS) is 13.0. The van der Waals surface area contributed by atoms with Crippen LogP contribution in [0.25, 0.3) is 0 Å². The molecule has 1 atom stereocenters. The topological polar surface area (TPSA) is 12.0 Å².